The summed E-state index contributed by atoms with van der Waals surface area (Å²) in [6.07, 6.45) is 12.7. The molecule has 0 spiro atoms. The first-order valence-electron chi connectivity index (χ1n) is 6.69. The van der Waals surface area contributed by atoms with Crippen LogP contribution in [0.1, 0.15) is 58.8 Å². The zero-order chi connectivity index (χ0) is 13.8. The first kappa shape index (κ1) is 16.7. The zero-order valence-electron chi connectivity index (χ0n) is 11.7. The van der Waals surface area contributed by atoms with Crippen molar-refractivity contribution < 1.29 is 9.90 Å². The molecule has 0 aromatic heterocycles. The van der Waals surface area contributed by atoms with Gasteiger partial charge in [0.15, 0.2) is 0 Å². The number of unbranched alkanes of at least 4 members (excludes halogenated alkanes) is 1. The molecule has 0 aromatic carbocycles. The summed E-state index contributed by atoms with van der Waals surface area (Å²) >= 11 is 0. The van der Waals surface area contributed by atoms with Crippen LogP contribution in [0.25, 0.3) is 0 Å². The molecule has 0 saturated heterocycles. The Morgan fingerprint density at radius 2 is 1.72 bits per heavy atom. The standard InChI is InChI=1S/C16H26O2/c1-14(2)10-9-12-15(3)11-7-5-4-6-8-13-16(17)18/h4-5,12H,1,6-11,13H2,2-3H3,(H,17,18)/b5-4-,15-12+. The van der Waals surface area contributed by atoms with Gasteiger partial charge in [-0.05, 0) is 52.4 Å². The van der Waals surface area contributed by atoms with Gasteiger partial charge in [0.2, 0.25) is 0 Å². The van der Waals surface area contributed by atoms with E-state index < -0.39 is 5.97 Å². The fraction of sp³-hybridized carbons (Fsp3) is 0.562. The largest absolute Gasteiger partial charge is 0.481 e. The molecule has 0 aliphatic heterocycles. The van der Waals surface area contributed by atoms with Crippen LogP contribution < -0.4 is 0 Å². The normalized spacial score (nSPS) is 12.0. The van der Waals surface area contributed by atoms with Crippen molar-refractivity contribution in [2.24, 2.45) is 0 Å². The molecule has 2 heteroatoms. The van der Waals surface area contributed by atoms with Crippen molar-refractivity contribution in [2.75, 3.05) is 0 Å². The molecule has 0 fully saturated rings. The molecule has 0 heterocycles. The van der Waals surface area contributed by atoms with Gasteiger partial charge < -0.3 is 5.11 Å². The van der Waals surface area contributed by atoms with Crippen molar-refractivity contribution in [2.45, 2.75) is 58.8 Å². The summed E-state index contributed by atoms with van der Waals surface area (Å²) in [6.45, 7) is 8.11. The van der Waals surface area contributed by atoms with E-state index in [0.717, 1.165) is 38.5 Å². The quantitative estimate of drug-likeness (QED) is 0.443. The van der Waals surface area contributed by atoms with Crippen LogP contribution in [0.5, 0.6) is 0 Å². The molecule has 0 bridgehead atoms. The average molecular weight is 250 g/mol. The fourth-order valence-electron chi connectivity index (χ4n) is 1.58. The van der Waals surface area contributed by atoms with E-state index in [1.165, 1.54) is 11.1 Å². The Balaban J connectivity index is 3.54. The van der Waals surface area contributed by atoms with Gasteiger partial charge in [-0.2, -0.15) is 0 Å². The van der Waals surface area contributed by atoms with E-state index in [2.05, 4.69) is 38.7 Å². The Morgan fingerprint density at radius 1 is 1.06 bits per heavy atom. The summed E-state index contributed by atoms with van der Waals surface area (Å²) in [5, 5.41) is 8.47. The molecule has 102 valence electrons. The maximum Gasteiger partial charge on any atom is 0.303 e. The van der Waals surface area contributed by atoms with Crippen LogP contribution in [0.3, 0.4) is 0 Å². The van der Waals surface area contributed by atoms with Gasteiger partial charge >= 0.3 is 5.97 Å². The Kier molecular flexibility index (Phi) is 10.0. The molecular formula is C16H26O2. The Bertz CT molecular complexity index is 311. The second-order valence-corrected chi connectivity index (χ2v) is 4.84. The Hall–Kier alpha value is -1.31. The second kappa shape index (κ2) is 10.8. The van der Waals surface area contributed by atoms with E-state index in [-0.39, 0.29) is 6.42 Å². The highest BCUT2D eigenvalue weighted by Gasteiger charge is 1.93. The minimum absolute atomic E-state index is 0.268. The predicted molar refractivity (Wildman–Crippen MR) is 77.7 cm³/mol. The zero-order valence-corrected chi connectivity index (χ0v) is 11.7. The summed E-state index contributed by atoms with van der Waals surface area (Å²) in [7, 11) is 0. The molecule has 0 saturated carbocycles. The molecule has 0 aromatic rings. The van der Waals surface area contributed by atoms with Gasteiger partial charge in [0.05, 0.1) is 0 Å². The third-order valence-corrected chi connectivity index (χ3v) is 2.70. The highest BCUT2D eigenvalue weighted by Crippen LogP contribution is 2.09. The summed E-state index contributed by atoms with van der Waals surface area (Å²) in [6, 6.07) is 0. The van der Waals surface area contributed by atoms with Gasteiger partial charge in [-0.1, -0.05) is 29.4 Å². The number of allylic oxidation sites excluding steroid dienone is 5. The first-order valence-corrected chi connectivity index (χ1v) is 6.69. The predicted octanol–water partition coefficient (Wildman–Crippen LogP) is 4.88. The molecule has 0 unspecified atom stereocenters. The van der Waals surface area contributed by atoms with Crippen molar-refractivity contribution >= 4 is 5.97 Å². The smallest absolute Gasteiger partial charge is 0.303 e. The van der Waals surface area contributed by atoms with Gasteiger partial charge in [-0.15, -0.1) is 6.58 Å². The highest BCUT2D eigenvalue weighted by molar-refractivity contribution is 5.66. The van der Waals surface area contributed by atoms with Crippen LogP contribution in [-0.4, -0.2) is 11.1 Å². The maximum absolute atomic E-state index is 10.3. The van der Waals surface area contributed by atoms with Gasteiger partial charge in [-0.25, -0.2) is 0 Å². The minimum Gasteiger partial charge on any atom is -0.481 e. The van der Waals surface area contributed by atoms with E-state index in [1.807, 2.05) is 0 Å². The number of carbonyl (C=O) groups is 1. The van der Waals surface area contributed by atoms with Crippen molar-refractivity contribution in [1.29, 1.82) is 0 Å². The van der Waals surface area contributed by atoms with E-state index >= 15 is 0 Å². The lowest BCUT2D eigenvalue weighted by Crippen LogP contribution is -1.92. The molecular weight excluding hydrogens is 224 g/mol. The van der Waals surface area contributed by atoms with Crippen LogP contribution >= 0.6 is 0 Å². The molecule has 0 aliphatic rings. The van der Waals surface area contributed by atoms with Crippen molar-refractivity contribution in [3.63, 3.8) is 0 Å². The van der Waals surface area contributed by atoms with E-state index in [4.69, 9.17) is 5.11 Å². The monoisotopic (exact) mass is 250 g/mol. The maximum atomic E-state index is 10.3. The lowest BCUT2D eigenvalue weighted by molar-refractivity contribution is -0.137. The van der Waals surface area contributed by atoms with E-state index in [9.17, 15) is 4.79 Å². The lowest BCUT2D eigenvalue weighted by atomic mass is 10.1. The molecule has 2 nitrogen and oxygen atoms in total. The van der Waals surface area contributed by atoms with Gasteiger partial charge in [-0.3, -0.25) is 4.79 Å². The summed E-state index contributed by atoms with van der Waals surface area (Å²) in [4.78, 5) is 10.3. The molecule has 0 radical (unpaired) electrons. The van der Waals surface area contributed by atoms with Crippen LogP contribution in [0, 0.1) is 0 Å². The number of carboxylic acid groups (broad SMARTS) is 1. The lowest BCUT2D eigenvalue weighted by Gasteiger charge is -1.99. The first-order chi connectivity index (χ1) is 8.52. The molecule has 0 rings (SSSR count). The number of carboxylic acids is 1. The molecule has 18 heavy (non-hydrogen) atoms. The minimum atomic E-state index is -0.709. The highest BCUT2D eigenvalue weighted by atomic mass is 16.4. The van der Waals surface area contributed by atoms with Crippen LogP contribution in [0.15, 0.2) is 36.0 Å². The molecule has 0 aliphatic carbocycles. The van der Waals surface area contributed by atoms with Gasteiger partial charge in [0.25, 0.3) is 0 Å². The summed E-state index contributed by atoms with van der Waals surface area (Å²) < 4.78 is 0. The van der Waals surface area contributed by atoms with Crippen LogP contribution in [0.4, 0.5) is 0 Å². The average Bonchev–Trinajstić information content (AvgIpc) is 2.26. The summed E-state index contributed by atoms with van der Waals surface area (Å²) in [5.74, 6) is -0.709. The van der Waals surface area contributed by atoms with Crippen molar-refractivity contribution in [3.05, 3.63) is 36.0 Å². The number of hydrogen-bond donors (Lipinski definition) is 1. The molecule has 1 N–H and O–H groups in total. The van der Waals surface area contributed by atoms with Crippen LogP contribution in [-0.2, 0) is 4.79 Å². The van der Waals surface area contributed by atoms with E-state index in [0.29, 0.717) is 0 Å². The van der Waals surface area contributed by atoms with Gasteiger partial charge in [0, 0.05) is 6.42 Å². The number of hydrogen-bond acceptors (Lipinski definition) is 1. The molecule has 0 atom stereocenters. The topological polar surface area (TPSA) is 37.3 Å². The Morgan fingerprint density at radius 3 is 2.33 bits per heavy atom. The van der Waals surface area contributed by atoms with E-state index in [1.54, 1.807) is 0 Å². The summed E-state index contributed by atoms with van der Waals surface area (Å²) in [5.41, 5.74) is 2.66. The van der Waals surface area contributed by atoms with Crippen LogP contribution in [0.2, 0.25) is 0 Å². The second-order valence-electron chi connectivity index (χ2n) is 4.84. The Labute approximate surface area is 111 Å². The fourth-order valence-corrected chi connectivity index (χ4v) is 1.58. The number of rotatable bonds is 10. The third kappa shape index (κ3) is 12.8. The van der Waals surface area contributed by atoms with Crippen molar-refractivity contribution in [3.8, 4) is 0 Å². The SMILES string of the molecule is C=C(C)CC/C=C(\C)CC/C=C\CCCC(=O)O. The molecule has 0 amide bonds. The third-order valence-electron chi connectivity index (χ3n) is 2.70. The number of aliphatic carboxylic acids is 1. The van der Waals surface area contributed by atoms with Crippen molar-refractivity contribution in [1.82, 2.24) is 0 Å². The van der Waals surface area contributed by atoms with Gasteiger partial charge in [0.1, 0.15) is 0 Å².